The van der Waals surface area contributed by atoms with Gasteiger partial charge in [-0.25, -0.2) is 18.1 Å². The van der Waals surface area contributed by atoms with E-state index in [0.29, 0.717) is 55.7 Å². The van der Waals surface area contributed by atoms with Crippen molar-refractivity contribution in [3.8, 4) is 5.75 Å². The summed E-state index contributed by atoms with van der Waals surface area (Å²) < 4.78 is 44.7. The zero-order chi connectivity index (χ0) is 33.8. The molecule has 1 amide bonds. The number of ether oxygens (including phenoxy) is 2. The predicted octanol–water partition coefficient (Wildman–Crippen LogP) is 5.74. The second-order valence-electron chi connectivity index (χ2n) is 14.8. The number of anilines is 1. The summed E-state index contributed by atoms with van der Waals surface area (Å²) in [5, 5.41) is 4.55. The SMILES string of the molecule is Cn1cnc(CO[C@H]2/C=C/C[C@H]3CCC[C@@H]3S(=O)(=O)NC(=O)c3ccc4c(c3)N(C[C@@H]3CC[C@H]32)C[C@@]2(CCCc3cc(Cl)ccc32)CO4)n1. The third kappa shape index (κ3) is 6.38. The molecule has 2 aromatic carbocycles. The van der Waals surface area contributed by atoms with Gasteiger partial charge in [-0.1, -0.05) is 36.2 Å². The maximum absolute atomic E-state index is 13.7. The molecular weight excluding hydrogens is 662 g/mol. The molecule has 49 heavy (non-hydrogen) atoms. The number of carbonyl (C=O) groups excluding carboxylic acids is 1. The first-order chi connectivity index (χ1) is 23.7. The standard InChI is InChI=1S/C37H44ClN5O5S/c1-42-23-39-35(40-42)20-47-32-8-2-5-24-6-3-9-34(24)49(45,46)41-36(44)26-11-15-33-31(18-26)43(19-27-10-13-29(27)32)21-37(22-48-33)16-4-7-25-17-28(38)12-14-30(25)37/h2,8,11-12,14-15,17-18,23-24,27,29,32,34H,3-7,9-10,13,16,19-22H2,1H3,(H,41,44)/b8-2+/t24-,27-,29+,32-,34-,37-/m0/s1. The lowest BCUT2D eigenvalue weighted by atomic mass is 9.68. The van der Waals surface area contributed by atoms with Gasteiger partial charge in [0.05, 0.1) is 23.6 Å². The summed E-state index contributed by atoms with van der Waals surface area (Å²) in [6, 6.07) is 11.6. The van der Waals surface area contributed by atoms with Crippen molar-refractivity contribution in [2.45, 2.75) is 81.2 Å². The highest BCUT2D eigenvalue weighted by Crippen LogP contribution is 2.47. The Morgan fingerprint density at radius 1 is 1.10 bits per heavy atom. The van der Waals surface area contributed by atoms with E-state index in [-0.39, 0.29) is 23.4 Å². The van der Waals surface area contributed by atoms with Gasteiger partial charge in [-0.15, -0.1) is 0 Å². The van der Waals surface area contributed by atoms with E-state index in [1.807, 2.05) is 25.2 Å². The summed E-state index contributed by atoms with van der Waals surface area (Å²) in [5.41, 5.74) is 3.42. The molecule has 3 aliphatic carbocycles. The average molecular weight is 706 g/mol. The Morgan fingerprint density at radius 2 is 2.00 bits per heavy atom. The molecule has 260 valence electrons. The number of allylic oxidation sites excluding steroid dienone is 1. The van der Waals surface area contributed by atoms with Crippen LogP contribution in [0.25, 0.3) is 0 Å². The van der Waals surface area contributed by atoms with E-state index in [0.717, 1.165) is 62.2 Å². The molecular formula is C37H44ClN5O5S. The quantitative estimate of drug-likeness (QED) is 0.343. The minimum atomic E-state index is -3.89. The summed E-state index contributed by atoms with van der Waals surface area (Å²) in [4.78, 5) is 20.4. The number of nitrogens with zero attached hydrogens (tertiary/aromatic N) is 4. The van der Waals surface area contributed by atoms with Gasteiger partial charge in [-0.05, 0) is 111 Å². The van der Waals surface area contributed by atoms with E-state index in [1.54, 1.807) is 17.1 Å². The molecule has 10 nitrogen and oxygen atoms in total. The first-order valence-electron chi connectivity index (χ1n) is 17.7. The smallest absolute Gasteiger partial charge is 0.264 e. The normalized spacial score (nSPS) is 31.3. The Kier molecular flexibility index (Phi) is 8.73. The molecule has 1 spiro atoms. The Labute approximate surface area is 293 Å². The Bertz CT molecular complexity index is 1880. The summed E-state index contributed by atoms with van der Waals surface area (Å²) in [5.74, 6) is 1.30. The molecule has 5 aliphatic rings. The number of aromatic nitrogens is 3. The fourth-order valence-corrected chi connectivity index (χ4v) is 11.0. The topological polar surface area (TPSA) is 116 Å². The minimum absolute atomic E-state index is 0.0647. The number of fused-ring (bicyclic) bond motifs is 5. The van der Waals surface area contributed by atoms with Crippen LogP contribution in [0.15, 0.2) is 54.9 Å². The average Bonchev–Trinajstić information content (AvgIpc) is 3.69. The third-order valence-corrected chi connectivity index (χ3v) is 13.8. The lowest BCUT2D eigenvalue weighted by molar-refractivity contribution is -0.0249. The van der Waals surface area contributed by atoms with Crippen molar-refractivity contribution in [1.82, 2.24) is 19.5 Å². The number of hydrogen-bond donors (Lipinski definition) is 1. The van der Waals surface area contributed by atoms with Crippen LogP contribution in [0.3, 0.4) is 0 Å². The van der Waals surface area contributed by atoms with E-state index >= 15 is 0 Å². The van der Waals surface area contributed by atoms with Gasteiger partial charge in [0.15, 0.2) is 5.82 Å². The molecule has 2 fully saturated rings. The van der Waals surface area contributed by atoms with Gasteiger partial charge < -0.3 is 14.4 Å². The number of halogens is 1. The zero-order valence-corrected chi connectivity index (χ0v) is 29.5. The highest BCUT2D eigenvalue weighted by molar-refractivity contribution is 7.90. The number of carbonyl (C=O) groups is 1. The van der Waals surface area contributed by atoms with Crippen molar-refractivity contribution in [2.75, 3.05) is 24.6 Å². The zero-order valence-electron chi connectivity index (χ0n) is 27.9. The van der Waals surface area contributed by atoms with Gasteiger partial charge in [0.25, 0.3) is 5.91 Å². The van der Waals surface area contributed by atoms with E-state index in [4.69, 9.17) is 21.1 Å². The van der Waals surface area contributed by atoms with Crippen LogP contribution < -0.4 is 14.4 Å². The monoisotopic (exact) mass is 705 g/mol. The molecule has 2 bridgehead atoms. The van der Waals surface area contributed by atoms with Crippen LogP contribution in [0.1, 0.15) is 78.7 Å². The Balaban J connectivity index is 1.18. The molecule has 1 aromatic heterocycles. The molecule has 3 heterocycles. The molecule has 12 heteroatoms. The molecule has 3 aromatic rings. The van der Waals surface area contributed by atoms with Crippen molar-refractivity contribution >= 4 is 33.2 Å². The van der Waals surface area contributed by atoms with Gasteiger partial charge in [-0.3, -0.25) is 9.48 Å². The van der Waals surface area contributed by atoms with Crippen molar-refractivity contribution in [1.29, 1.82) is 0 Å². The van der Waals surface area contributed by atoms with Gasteiger partial charge in [-0.2, -0.15) is 5.10 Å². The molecule has 1 N–H and O–H groups in total. The molecule has 2 saturated carbocycles. The van der Waals surface area contributed by atoms with Crippen LogP contribution in [0.4, 0.5) is 5.69 Å². The second-order valence-corrected chi connectivity index (χ2v) is 17.1. The maximum atomic E-state index is 13.7. The van der Waals surface area contributed by atoms with E-state index in [9.17, 15) is 13.2 Å². The number of nitrogens with one attached hydrogen (secondary N) is 1. The fourth-order valence-electron chi connectivity index (χ4n) is 9.07. The van der Waals surface area contributed by atoms with Crippen LogP contribution >= 0.6 is 11.6 Å². The first-order valence-corrected chi connectivity index (χ1v) is 19.6. The van der Waals surface area contributed by atoms with E-state index < -0.39 is 21.2 Å². The highest BCUT2D eigenvalue weighted by Gasteiger charge is 2.45. The Hall–Kier alpha value is -3.41. The summed E-state index contributed by atoms with van der Waals surface area (Å²) in [6.45, 7) is 2.28. The van der Waals surface area contributed by atoms with E-state index in [2.05, 4.69) is 44.0 Å². The lowest BCUT2D eigenvalue weighted by Crippen LogP contribution is -2.49. The summed E-state index contributed by atoms with van der Waals surface area (Å²) in [6.07, 6.45) is 13.6. The second kappa shape index (κ2) is 13.0. The van der Waals surface area contributed by atoms with Gasteiger partial charge in [0.2, 0.25) is 10.0 Å². The van der Waals surface area contributed by atoms with Crippen molar-refractivity contribution in [3.63, 3.8) is 0 Å². The number of aryl methyl sites for hydroxylation is 2. The number of hydrogen-bond acceptors (Lipinski definition) is 8. The maximum Gasteiger partial charge on any atom is 0.264 e. The molecule has 0 saturated heterocycles. The van der Waals surface area contributed by atoms with Crippen molar-refractivity contribution in [3.05, 3.63) is 82.4 Å². The van der Waals surface area contributed by atoms with Crippen LogP contribution in [-0.4, -0.2) is 60.1 Å². The van der Waals surface area contributed by atoms with Gasteiger partial charge >= 0.3 is 0 Å². The van der Waals surface area contributed by atoms with Gasteiger partial charge in [0, 0.05) is 36.1 Å². The van der Waals surface area contributed by atoms with Crippen LogP contribution in [0.2, 0.25) is 5.02 Å². The van der Waals surface area contributed by atoms with Crippen LogP contribution in [-0.2, 0) is 40.3 Å². The molecule has 2 aliphatic heterocycles. The summed E-state index contributed by atoms with van der Waals surface area (Å²) >= 11 is 6.46. The predicted molar refractivity (Wildman–Crippen MR) is 187 cm³/mol. The summed E-state index contributed by atoms with van der Waals surface area (Å²) in [7, 11) is -2.04. The molecule has 8 rings (SSSR count). The Morgan fingerprint density at radius 3 is 2.82 bits per heavy atom. The van der Waals surface area contributed by atoms with Crippen LogP contribution in [0, 0.1) is 17.8 Å². The first kappa shape index (κ1) is 32.8. The van der Waals surface area contributed by atoms with Crippen molar-refractivity contribution in [2.24, 2.45) is 24.8 Å². The highest BCUT2D eigenvalue weighted by atomic mass is 35.5. The van der Waals surface area contributed by atoms with Gasteiger partial charge in [0.1, 0.15) is 18.7 Å². The van der Waals surface area contributed by atoms with Crippen molar-refractivity contribution < 1.29 is 22.7 Å². The number of sulfonamides is 1. The molecule has 6 atom stereocenters. The fraction of sp³-hybridized carbons (Fsp3) is 0.541. The number of amides is 1. The lowest BCUT2D eigenvalue weighted by Gasteiger charge is -2.46. The number of benzene rings is 2. The minimum Gasteiger partial charge on any atom is -0.490 e. The largest absolute Gasteiger partial charge is 0.490 e. The van der Waals surface area contributed by atoms with Crippen LogP contribution in [0.5, 0.6) is 5.75 Å². The third-order valence-electron chi connectivity index (χ3n) is 11.7. The molecule has 0 unspecified atom stereocenters. The molecule has 0 radical (unpaired) electrons. The number of rotatable bonds is 3. The van der Waals surface area contributed by atoms with E-state index in [1.165, 1.54) is 11.1 Å².